The molecule has 128 valence electrons. The van der Waals surface area contributed by atoms with Crippen LogP contribution in [-0.2, 0) is 0 Å². The number of carbonyl (C=O) groups is 1. The number of aliphatic hydroxyl groups is 1. The Labute approximate surface area is 140 Å². The fraction of sp³-hybridized carbons (Fsp3) is 0.444. The molecule has 1 aliphatic heterocycles. The molecular weight excluding hydrogens is 309 g/mol. The topological polar surface area (TPSA) is 65.5 Å². The molecule has 0 unspecified atom stereocenters. The summed E-state index contributed by atoms with van der Waals surface area (Å²) in [5, 5.41) is 12.9. The summed E-state index contributed by atoms with van der Waals surface area (Å²) in [4.78, 5) is 18.6. The lowest BCUT2D eigenvalue weighted by Crippen LogP contribution is -2.45. The van der Waals surface area contributed by atoms with E-state index in [2.05, 4.69) is 15.2 Å². The minimum atomic E-state index is -0.429. The van der Waals surface area contributed by atoms with Crippen LogP contribution in [0.4, 0.5) is 4.39 Å². The third kappa shape index (κ3) is 3.71. The van der Waals surface area contributed by atoms with Crippen LogP contribution in [0.1, 0.15) is 29.8 Å². The van der Waals surface area contributed by atoms with Gasteiger partial charge in [-0.05, 0) is 31.5 Å². The number of pyridine rings is 1. The molecular formula is C18H22FN3O2. The number of fused-ring (bicyclic) bond motifs is 1. The SMILES string of the molecule is O=C(NCCN1CCCC[C@@H]1CO)c1ccc2cccc(F)c2n1. The van der Waals surface area contributed by atoms with Gasteiger partial charge in [-0.25, -0.2) is 9.37 Å². The molecule has 3 rings (SSSR count). The molecule has 0 spiro atoms. The number of rotatable bonds is 5. The average Bonchev–Trinajstić information content (AvgIpc) is 2.62. The Balaban J connectivity index is 1.60. The Morgan fingerprint density at radius 1 is 1.33 bits per heavy atom. The second-order valence-electron chi connectivity index (χ2n) is 6.13. The summed E-state index contributed by atoms with van der Waals surface area (Å²) in [5.41, 5.74) is 0.423. The highest BCUT2D eigenvalue weighted by Gasteiger charge is 2.21. The zero-order valence-electron chi connectivity index (χ0n) is 13.5. The molecule has 5 nitrogen and oxygen atoms in total. The lowest BCUT2D eigenvalue weighted by atomic mass is 10.0. The summed E-state index contributed by atoms with van der Waals surface area (Å²) in [6.45, 7) is 2.27. The van der Waals surface area contributed by atoms with Crippen molar-refractivity contribution in [1.29, 1.82) is 0 Å². The first-order valence-corrected chi connectivity index (χ1v) is 8.37. The first kappa shape index (κ1) is 16.8. The largest absolute Gasteiger partial charge is 0.395 e. The van der Waals surface area contributed by atoms with Crippen molar-refractivity contribution in [3.05, 3.63) is 41.8 Å². The van der Waals surface area contributed by atoms with Crippen molar-refractivity contribution < 1.29 is 14.3 Å². The standard InChI is InChI=1S/C18H22FN3O2/c19-15-6-3-4-13-7-8-16(21-17(13)15)18(24)20-9-11-22-10-2-1-5-14(22)12-23/h3-4,6-8,14,23H,1-2,5,9-12H2,(H,20,24)/t14-/m1/s1. The molecule has 0 radical (unpaired) electrons. The van der Waals surface area contributed by atoms with E-state index in [0.29, 0.717) is 18.5 Å². The van der Waals surface area contributed by atoms with Gasteiger partial charge in [0.05, 0.1) is 6.61 Å². The fourth-order valence-corrected chi connectivity index (χ4v) is 3.20. The lowest BCUT2D eigenvalue weighted by Gasteiger charge is -2.34. The van der Waals surface area contributed by atoms with Crippen LogP contribution < -0.4 is 5.32 Å². The van der Waals surface area contributed by atoms with Crippen molar-refractivity contribution in [2.24, 2.45) is 0 Å². The quantitative estimate of drug-likeness (QED) is 0.879. The van der Waals surface area contributed by atoms with E-state index in [0.717, 1.165) is 25.8 Å². The maximum atomic E-state index is 13.8. The molecule has 1 saturated heterocycles. The van der Waals surface area contributed by atoms with Crippen LogP contribution in [0.5, 0.6) is 0 Å². The molecule has 0 bridgehead atoms. The summed E-state index contributed by atoms with van der Waals surface area (Å²) < 4.78 is 13.8. The number of likely N-dealkylation sites (tertiary alicyclic amines) is 1. The summed E-state index contributed by atoms with van der Waals surface area (Å²) >= 11 is 0. The number of carbonyl (C=O) groups excluding carboxylic acids is 1. The molecule has 6 heteroatoms. The summed E-state index contributed by atoms with van der Waals surface area (Å²) in [6.07, 6.45) is 3.26. The summed E-state index contributed by atoms with van der Waals surface area (Å²) in [6, 6.07) is 8.21. The van der Waals surface area contributed by atoms with Crippen LogP contribution >= 0.6 is 0 Å². The van der Waals surface area contributed by atoms with E-state index in [4.69, 9.17) is 0 Å². The third-order valence-corrected chi connectivity index (χ3v) is 4.55. The molecule has 2 heterocycles. The average molecular weight is 331 g/mol. The van der Waals surface area contributed by atoms with E-state index in [1.807, 2.05) is 0 Å². The highest BCUT2D eigenvalue weighted by Crippen LogP contribution is 2.17. The number of aliphatic hydroxyl groups excluding tert-OH is 1. The minimum Gasteiger partial charge on any atom is -0.395 e. The van der Waals surface area contributed by atoms with Crippen molar-refractivity contribution in [3.63, 3.8) is 0 Å². The van der Waals surface area contributed by atoms with E-state index in [1.165, 1.54) is 6.07 Å². The van der Waals surface area contributed by atoms with Gasteiger partial charge in [0.2, 0.25) is 0 Å². The van der Waals surface area contributed by atoms with Gasteiger partial charge in [0.15, 0.2) is 0 Å². The van der Waals surface area contributed by atoms with E-state index in [-0.39, 0.29) is 29.8 Å². The zero-order chi connectivity index (χ0) is 16.9. The molecule has 1 atom stereocenters. The predicted octanol–water partition coefficient (Wildman–Crippen LogP) is 1.95. The van der Waals surface area contributed by atoms with Crippen LogP contribution in [-0.4, -0.2) is 53.2 Å². The molecule has 2 aromatic rings. The van der Waals surface area contributed by atoms with Gasteiger partial charge in [-0.2, -0.15) is 0 Å². The van der Waals surface area contributed by atoms with Crippen LogP contribution in [0.3, 0.4) is 0 Å². The molecule has 0 aliphatic carbocycles. The van der Waals surface area contributed by atoms with Crippen molar-refractivity contribution in [2.75, 3.05) is 26.2 Å². The molecule has 1 aromatic heterocycles. The highest BCUT2D eigenvalue weighted by molar-refractivity contribution is 5.94. The van der Waals surface area contributed by atoms with Crippen molar-refractivity contribution in [3.8, 4) is 0 Å². The van der Waals surface area contributed by atoms with Gasteiger partial charge >= 0.3 is 0 Å². The van der Waals surface area contributed by atoms with Crippen LogP contribution in [0.2, 0.25) is 0 Å². The number of hydrogen-bond donors (Lipinski definition) is 2. The van der Waals surface area contributed by atoms with Gasteiger partial charge in [0.25, 0.3) is 5.91 Å². The summed E-state index contributed by atoms with van der Waals surface area (Å²) in [7, 11) is 0. The fourth-order valence-electron chi connectivity index (χ4n) is 3.20. The molecule has 24 heavy (non-hydrogen) atoms. The highest BCUT2D eigenvalue weighted by atomic mass is 19.1. The first-order chi connectivity index (χ1) is 11.7. The monoisotopic (exact) mass is 331 g/mol. The van der Waals surface area contributed by atoms with Gasteiger partial charge in [0, 0.05) is 24.5 Å². The molecule has 1 aliphatic rings. The number of halogens is 1. The Hall–Kier alpha value is -2.05. The van der Waals surface area contributed by atoms with Crippen LogP contribution in [0, 0.1) is 5.82 Å². The van der Waals surface area contributed by atoms with Crippen molar-refractivity contribution in [2.45, 2.75) is 25.3 Å². The van der Waals surface area contributed by atoms with E-state index >= 15 is 0 Å². The van der Waals surface area contributed by atoms with Crippen molar-refractivity contribution >= 4 is 16.8 Å². The normalized spacial score (nSPS) is 18.7. The molecule has 2 N–H and O–H groups in total. The van der Waals surface area contributed by atoms with Crippen LogP contribution in [0.15, 0.2) is 30.3 Å². The number of aromatic nitrogens is 1. The molecule has 0 saturated carbocycles. The number of amides is 1. The Morgan fingerprint density at radius 2 is 2.21 bits per heavy atom. The van der Waals surface area contributed by atoms with Gasteiger partial charge in [-0.3, -0.25) is 9.69 Å². The van der Waals surface area contributed by atoms with Gasteiger partial charge in [-0.15, -0.1) is 0 Å². The van der Waals surface area contributed by atoms with Crippen LogP contribution in [0.25, 0.3) is 10.9 Å². The molecule has 1 amide bonds. The number of piperidine rings is 1. The smallest absolute Gasteiger partial charge is 0.269 e. The van der Waals surface area contributed by atoms with E-state index in [9.17, 15) is 14.3 Å². The second-order valence-corrected chi connectivity index (χ2v) is 6.13. The predicted molar refractivity (Wildman–Crippen MR) is 90.3 cm³/mol. The zero-order valence-corrected chi connectivity index (χ0v) is 13.5. The maximum Gasteiger partial charge on any atom is 0.269 e. The molecule has 1 aromatic carbocycles. The Kier molecular flexibility index (Phi) is 5.37. The third-order valence-electron chi connectivity index (χ3n) is 4.55. The summed E-state index contributed by atoms with van der Waals surface area (Å²) in [5.74, 6) is -0.737. The van der Waals surface area contributed by atoms with Crippen molar-refractivity contribution in [1.82, 2.24) is 15.2 Å². The lowest BCUT2D eigenvalue weighted by molar-refractivity contribution is 0.0847. The number of nitrogens with zero attached hydrogens (tertiary/aromatic N) is 2. The first-order valence-electron chi connectivity index (χ1n) is 8.37. The number of hydrogen-bond acceptors (Lipinski definition) is 4. The Bertz CT molecular complexity index is 722. The number of nitrogens with one attached hydrogen (secondary N) is 1. The number of benzene rings is 1. The van der Waals surface area contributed by atoms with Gasteiger partial charge < -0.3 is 10.4 Å². The van der Waals surface area contributed by atoms with Gasteiger partial charge in [-0.1, -0.05) is 24.6 Å². The van der Waals surface area contributed by atoms with E-state index < -0.39 is 5.82 Å². The second kappa shape index (κ2) is 7.68. The number of para-hydroxylation sites is 1. The molecule has 1 fully saturated rings. The Morgan fingerprint density at radius 3 is 3.04 bits per heavy atom. The minimum absolute atomic E-state index is 0.152. The van der Waals surface area contributed by atoms with E-state index in [1.54, 1.807) is 24.3 Å². The van der Waals surface area contributed by atoms with Gasteiger partial charge in [0.1, 0.15) is 17.0 Å². The maximum absolute atomic E-state index is 13.8.